The van der Waals surface area contributed by atoms with E-state index >= 15 is 0 Å². The quantitative estimate of drug-likeness (QED) is 0.786. The van der Waals surface area contributed by atoms with Crippen molar-refractivity contribution in [3.63, 3.8) is 0 Å². The van der Waals surface area contributed by atoms with Crippen LogP contribution in [0.4, 0.5) is 0 Å². The van der Waals surface area contributed by atoms with E-state index in [-0.39, 0.29) is 5.91 Å². The third-order valence-electron chi connectivity index (χ3n) is 2.43. The van der Waals surface area contributed by atoms with Crippen LogP contribution in [0.25, 0.3) is 0 Å². The van der Waals surface area contributed by atoms with Crippen LogP contribution in [0, 0.1) is 0 Å². The van der Waals surface area contributed by atoms with Gasteiger partial charge in [0.15, 0.2) is 6.10 Å². The summed E-state index contributed by atoms with van der Waals surface area (Å²) in [7, 11) is 0. The van der Waals surface area contributed by atoms with Crippen molar-refractivity contribution in [2.24, 2.45) is 0 Å². The minimum Gasteiger partial charge on any atom is -0.481 e. The van der Waals surface area contributed by atoms with Crippen molar-refractivity contribution in [1.29, 1.82) is 0 Å². The van der Waals surface area contributed by atoms with Crippen molar-refractivity contribution in [2.45, 2.75) is 13.0 Å². The van der Waals surface area contributed by atoms with Gasteiger partial charge in [0.2, 0.25) is 0 Å². The lowest BCUT2D eigenvalue weighted by Gasteiger charge is -2.20. The van der Waals surface area contributed by atoms with Gasteiger partial charge < -0.3 is 4.74 Å². The molecule has 1 saturated heterocycles. The Hall–Kier alpha value is -1.07. The van der Waals surface area contributed by atoms with Gasteiger partial charge in [-0.1, -0.05) is 42.2 Å². The van der Waals surface area contributed by atoms with Gasteiger partial charge in [0.05, 0.1) is 0 Å². The lowest BCUT2D eigenvalue weighted by molar-refractivity contribution is -0.133. The maximum atomic E-state index is 12.1. The summed E-state index contributed by atoms with van der Waals surface area (Å²) in [6, 6.07) is 9.33. The maximum absolute atomic E-state index is 12.1. The molecule has 1 amide bonds. The second-order valence-corrected chi connectivity index (χ2v) is 5.41. The number of ether oxygens (including phenoxy) is 1. The van der Waals surface area contributed by atoms with Crippen LogP contribution in [0.5, 0.6) is 5.75 Å². The second-order valence-electron chi connectivity index (χ2n) is 3.68. The van der Waals surface area contributed by atoms with Gasteiger partial charge in [0.25, 0.3) is 5.91 Å². The molecule has 90 valence electrons. The zero-order valence-electron chi connectivity index (χ0n) is 9.46. The van der Waals surface area contributed by atoms with E-state index in [0.29, 0.717) is 16.6 Å². The highest BCUT2D eigenvalue weighted by Gasteiger charge is 2.28. The molecule has 3 nitrogen and oxygen atoms in total. The Morgan fingerprint density at radius 2 is 2.18 bits per heavy atom. The molecule has 1 aliphatic heterocycles. The molecule has 17 heavy (non-hydrogen) atoms. The average molecular weight is 267 g/mol. The van der Waals surface area contributed by atoms with E-state index in [9.17, 15) is 4.79 Å². The molecule has 1 unspecified atom stereocenters. The van der Waals surface area contributed by atoms with Crippen LogP contribution >= 0.6 is 24.0 Å². The first kappa shape index (κ1) is 12.4. The Labute approximate surface area is 110 Å². The summed E-state index contributed by atoms with van der Waals surface area (Å²) >= 11 is 6.65. The highest BCUT2D eigenvalue weighted by atomic mass is 32.2. The lowest BCUT2D eigenvalue weighted by atomic mass is 10.3. The summed E-state index contributed by atoms with van der Waals surface area (Å²) in [4.78, 5) is 13.7. The van der Waals surface area contributed by atoms with Crippen molar-refractivity contribution >= 4 is 34.2 Å². The first-order valence-corrected chi connectivity index (χ1v) is 6.77. The Bertz CT molecular complexity index is 422. The normalized spacial score (nSPS) is 17.0. The first-order valence-electron chi connectivity index (χ1n) is 5.38. The number of benzene rings is 1. The largest absolute Gasteiger partial charge is 0.481 e. The minimum absolute atomic E-state index is 0.0659. The van der Waals surface area contributed by atoms with Gasteiger partial charge in [-0.2, -0.15) is 0 Å². The van der Waals surface area contributed by atoms with Gasteiger partial charge in [0.1, 0.15) is 10.1 Å². The number of amides is 1. The van der Waals surface area contributed by atoms with Gasteiger partial charge in [-0.05, 0) is 19.1 Å². The van der Waals surface area contributed by atoms with Crippen molar-refractivity contribution in [3.8, 4) is 5.75 Å². The fourth-order valence-corrected chi connectivity index (χ4v) is 2.78. The summed E-state index contributed by atoms with van der Waals surface area (Å²) in [6.07, 6.45) is -0.506. The molecule has 2 rings (SSSR count). The Morgan fingerprint density at radius 3 is 2.76 bits per heavy atom. The number of rotatable bonds is 3. The van der Waals surface area contributed by atoms with E-state index in [1.807, 2.05) is 30.3 Å². The zero-order valence-corrected chi connectivity index (χ0v) is 11.1. The second kappa shape index (κ2) is 5.51. The van der Waals surface area contributed by atoms with Crippen LogP contribution in [0.1, 0.15) is 6.92 Å². The predicted octanol–water partition coefficient (Wildman–Crippen LogP) is 2.31. The molecule has 1 heterocycles. The molecule has 0 spiro atoms. The van der Waals surface area contributed by atoms with Gasteiger partial charge >= 0.3 is 0 Å². The van der Waals surface area contributed by atoms with Crippen LogP contribution in [0.15, 0.2) is 30.3 Å². The van der Waals surface area contributed by atoms with Crippen molar-refractivity contribution in [2.75, 3.05) is 12.3 Å². The molecule has 1 atom stereocenters. The first-order chi connectivity index (χ1) is 8.18. The molecule has 0 saturated carbocycles. The number of carbonyl (C=O) groups is 1. The molecule has 0 bridgehead atoms. The van der Waals surface area contributed by atoms with E-state index in [0.717, 1.165) is 5.75 Å². The fraction of sp³-hybridized carbons (Fsp3) is 0.333. The van der Waals surface area contributed by atoms with Crippen LogP contribution in [0.3, 0.4) is 0 Å². The van der Waals surface area contributed by atoms with Crippen molar-refractivity contribution < 1.29 is 9.53 Å². The maximum Gasteiger partial charge on any atom is 0.268 e. The molecular weight excluding hydrogens is 254 g/mol. The number of nitrogens with zero attached hydrogens (tertiary/aromatic N) is 1. The molecule has 1 fully saturated rings. The Balaban J connectivity index is 1.98. The van der Waals surface area contributed by atoms with E-state index in [1.54, 1.807) is 11.8 Å². The molecule has 5 heteroatoms. The third-order valence-corrected chi connectivity index (χ3v) is 3.86. The monoisotopic (exact) mass is 267 g/mol. The molecule has 0 radical (unpaired) electrons. The van der Waals surface area contributed by atoms with Crippen LogP contribution in [-0.4, -0.2) is 33.5 Å². The summed E-state index contributed by atoms with van der Waals surface area (Å²) in [5, 5.41) is 0. The summed E-state index contributed by atoms with van der Waals surface area (Å²) < 4.78 is 6.23. The lowest BCUT2D eigenvalue weighted by Crippen LogP contribution is -2.40. The van der Waals surface area contributed by atoms with E-state index in [4.69, 9.17) is 17.0 Å². The van der Waals surface area contributed by atoms with Crippen molar-refractivity contribution in [1.82, 2.24) is 4.90 Å². The number of carbonyl (C=O) groups excluding carboxylic acids is 1. The minimum atomic E-state index is -0.506. The van der Waals surface area contributed by atoms with Gasteiger partial charge in [-0.25, -0.2) is 0 Å². The molecule has 0 N–H and O–H groups in total. The summed E-state index contributed by atoms with van der Waals surface area (Å²) in [5.74, 6) is 1.51. The van der Waals surface area contributed by atoms with Gasteiger partial charge in [0, 0.05) is 12.3 Å². The van der Waals surface area contributed by atoms with E-state index in [2.05, 4.69) is 0 Å². The Morgan fingerprint density at radius 1 is 1.47 bits per heavy atom. The molecule has 1 aliphatic rings. The topological polar surface area (TPSA) is 29.5 Å². The third kappa shape index (κ3) is 2.98. The molecule has 1 aromatic carbocycles. The fourth-order valence-electron chi connectivity index (χ4n) is 1.57. The molecule has 0 aliphatic carbocycles. The highest BCUT2D eigenvalue weighted by molar-refractivity contribution is 8.23. The molecule has 0 aromatic heterocycles. The van der Waals surface area contributed by atoms with Gasteiger partial charge in [-0.15, -0.1) is 0 Å². The van der Waals surface area contributed by atoms with Crippen LogP contribution in [-0.2, 0) is 4.79 Å². The highest BCUT2D eigenvalue weighted by Crippen LogP contribution is 2.20. The number of thioether (sulfide) groups is 1. The number of thiocarbonyl (C=S) groups is 1. The molecule has 1 aromatic rings. The predicted molar refractivity (Wildman–Crippen MR) is 73.3 cm³/mol. The summed E-state index contributed by atoms with van der Waals surface area (Å²) in [5.41, 5.74) is 0. The van der Waals surface area contributed by atoms with Crippen molar-refractivity contribution in [3.05, 3.63) is 30.3 Å². The summed E-state index contributed by atoms with van der Waals surface area (Å²) in [6.45, 7) is 2.44. The SMILES string of the molecule is CC(Oc1ccccc1)C(=O)N1CCSC1=S. The van der Waals surface area contributed by atoms with E-state index in [1.165, 1.54) is 11.8 Å². The Kier molecular flexibility index (Phi) is 4.02. The van der Waals surface area contributed by atoms with Crippen LogP contribution in [0.2, 0.25) is 0 Å². The standard InChI is InChI=1S/C12H13NO2S2/c1-9(15-10-5-3-2-4-6-10)11(14)13-7-8-17-12(13)16/h2-6,9H,7-8H2,1H3. The average Bonchev–Trinajstić information content (AvgIpc) is 2.76. The number of para-hydroxylation sites is 1. The number of hydrogen-bond donors (Lipinski definition) is 0. The van der Waals surface area contributed by atoms with Gasteiger partial charge in [-0.3, -0.25) is 9.69 Å². The van der Waals surface area contributed by atoms with Crippen LogP contribution < -0.4 is 4.74 Å². The smallest absolute Gasteiger partial charge is 0.268 e. The zero-order chi connectivity index (χ0) is 12.3. The van der Waals surface area contributed by atoms with E-state index < -0.39 is 6.10 Å². The number of hydrogen-bond acceptors (Lipinski definition) is 4. The molecular formula is C12H13NO2S2.